The molecule has 6 heteroatoms. The van der Waals surface area contributed by atoms with Crippen LogP contribution < -0.4 is 10.1 Å². The fourth-order valence-electron chi connectivity index (χ4n) is 2.56. The molecular formula is C19H17F3N2O. The standard InChI is InChI=1S/C19H17F3N2O/c1-12-7-9-23-11-15(12)14-4-3-8-24-18(14)25-17-6-5-13(10-16(17)20)19(2,21)22/h3-11,18,24H,1-2H3. The summed E-state index contributed by atoms with van der Waals surface area (Å²) in [5.74, 6) is -4.05. The maximum absolute atomic E-state index is 14.2. The summed E-state index contributed by atoms with van der Waals surface area (Å²) in [5, 5.41) is 3.00. The molecule has 1 aromatic carbocycles. The Balaban J connectivity index is 1.88. The summed E-state index contributed by atoms with van der Waals surface area (Å²) in [6.45, 7) is 2.66. The van der Waals surface area contributed by atoms with Crippen LogP contribution in [0.2, 0.25) is 0 Å². The second-order valence-corrected chi connectivity index (χ2v) is 5.87. The van der Waals surface area contributed by atoms with Crippen molar-refractivity contribution in [1.82, 2.24) is 10.3 Å². The second kappa shape index (κ2) is 6.63. The van der Waals surface area contributed by atoms with Crippen molar-refractivity contribution in [3.05, 3.63) is 77.5 Å². The van der Waals surface area contributed by atoms with Gasteiger partial charge in [0.2, 0.25) is 0 Å². The Bertz CT molecular complexity index is 841. The van der Waals surface area contributed by atoms with E-state index in [0.29, 0.717) is 0 Å². The van der Waals surface area contributed by atoms with Crippen LogP contribution in [-0.2, 0) is 5.92 Å². The van der Waals surface area contributed by atoms with Crippen LogP contribution in [0.25, 0.3) is 5.57 Å². The van der Waals surface area contributed by atoms with Gasteiger partial charge in [-0.2, -0.15) is 0 Å². The van der Waals surface area contributed by atoms with E-state index in [1.54, 1.807) is 24.7 Å². The lowest BCUT2D eigenvalue weighted by molar-refractivity contribution is 0.0170. The molecule has 2 heterocycles. The first kappa shape index (κ1) is 17.1. The number of ether oxygens (including phenoxy) is 1. The first-order valence-corrected chi connectivity index (χ1v) is 7.74. The Morgan fingerprint density at radius 3 is 2.72 bits per heavy atom. The molecule has 0 bridgehead atoms. The number of benzene rings is 1. The highest BCUT2D eigenvalue weighted by Gasteiger charge is 2.27. The third-order valence-electron chi connectivity index (χ3n) is 3.94. The zero-order chi connectivity index (χ0) is 18.0. The van der Waals surface area contributed by atoms with E-state index in [1.165, 1.54) is 6.07 Å². The van der Waals surface area contributed by atoms with Crippen LogP contribution >= 0.6 is 0 Å². The molecule has 0 spiro atoms. The molecule has 0 aliphatic carbocycles. The summed E-state index contributed by atoms with van der Waals surface area (Å²) in [6.07, 6.45) is 8.05. The molecule has 1 aromatic heterocycles. The molecule has 1 N–H and O–H groups in total. The lowest BCUT2D eigenvalue weighted by atomic mass is 10.00. The van der Waals surface area contributed by atoms with Crippen LogP contribution in [0.3, 0.4) is 0 Å². The number of aryl methyl sites for hydroxylation is 1. The largest absolute Gasteiger partial charge is 0.463 e. The van der Waals surface area contributed by atoms with Gasteiger partial charge in [0.1, 0.15) is 0 Å². The van der Waals surface area contributed by atoms with Crippen LogP contribution in [0.1, 0.15) is 23.6 Å². The zero-order valence-corrected chi connectivity index (χ0v) is 13.8. The number of hydrogen-bond donors (Lipinski definition) is 1. The normalized spacial score (nSPS) is 17.0. The smallest absolute Gasteiger partial charge is 0.270 e. The predicted octanol–water partition coefficient (Wildman–Crippen LogP) is 4.55. The molecular weight excluding hydrogens is 329 g/mol. The Morgan fingerprint density at radius 1 is 1.24 bits per heavy atom. The van der Waals surface area contributed by atoms with Gasteiger partial charge in [-0.05, 0) is 49.0 Å². The molecule has 0 radical (unpaired) electrons. The van der Waals surface area contributed by atoms with E-state index in [-0.39, 0.29) is 5.75 Å². The number of alkyl halides is 2. The Hall–Kier alpha value is -2.76. The van der Waals surface area contributed by atoms with Crippen LogP contribution in [0.4, 0.5) is 13.2 Å². The molecule has 1 atom stereocenters. The zero-order valence-electron chi connectivity index (χ0n) is 13.8. The molecule has 3 rings (SSSR count). The predicted molar refractivity (Wildman–Crippen MR) is 89.6 cm³/mol. The van der Waals surface area contributed by atoms with Gasteiger partial charge in [-0.15, -0.1) is 0 Å². The molecule has 1 unspecified atom stereocenters. The number of hydrogen-bond acceptors (Lipinski definition) is 3. The Labute approximate surface area is 143 Å². The van der Waals surface area contributed by atoms with E-state index in [9.17, 15) is 13.2 Å². The number of nitrogens with one attached hydrogen (secondary N) is 1. The lowest BCUT2D eigenvalue weighted by Gasteiger charge is -2.25. The molecule has 1 aliphatic heterocycles. The van der Waals surface area contributed by atoms with E-state index in [4.69, 9.17) is 4.74 Å². The van der Waals surface area contributed by atoms with E-state index < -0.39 is 23.5 Å². The summed E-state index contributed by atoms with van der Waals surface area (Å²) < 4.78 is 46.5. The second-order valence-electron chi connectivity index (χ2n) is 5.87. The minimum atomic E-state index is -3.11. The fourth-order valence-corrected chi connectivity index (χ4v) is 2.56. The van der Waals surface area contributed by atoms with Gasteiger partial charge in [0.15, 0.2) is 17.8 Å². The third-order valence-corrected chi connectivity index (χ3v) is 3.94. The maximum atomic E-state index is 14.2. The summed E-state index contributed by atoms with van der Waals surface area (Å²) in [6, 6.07) is 5.04. The first-order chi connectivity index (χ1) is 11.9. The van der Waals surface area contributed by atoms with Gasteiger partial charge in [-0.25, -0.2) is 13.2 Å². The molecule has 0 saturated carbocycles. The molecule has 130 valence electrons. The summed E-state index contributed by atoms with van der Waals surface area (Å²) in [4.78, 5) is 4.11. The fraction of sp³-hybridized carbons (Fsp3) is 0.211. The molecule has 2 aromatic rings. The molecule has 0 saturated heterocycles. The molecule has 0 amide bonds. The molecule has 0 fully saturated rings. The molecule has 25 heavy (non-hydrogen) atoms. The van der Waals surface area contributed by atoms with Crippen molar-refractivity contribution in [2.75, 3.05) is 0 Å². The summed E-state index contributed by atoms with van der Waals surface area (Å²) in [7, 11) is 0. The van der Waals surface area contributed by atoms with E-state index in [1.807, 2.05) is 19.1 Å². The van der Waals surface area contributed by atoms with Gasteiger partial charge >= 0.3 is 0 Å². The van der Waals surface area contributed by atoms with Crippen molar-refractivity contribution in [1.29, 1.82) is 0 Å². The lowest BCUT2D eigenvalue weighted by Crippen LogP contribution is -2.34. The average Bonchev–Trinajstić information content (AvgIpc) is 2.57. The summed E-state index contributed by atoms with van der Waals surface area (Å²) in [5.41, 5.74) is 2.24. The van der Waals surface area contributed by atoms with Crippen LogP contribution in [-0.4, -0.2) is 11.2 Å². The number of pyridine rings is 1. The summed E-state index contributed by atoms with van der Waals surface area (Å²) >= 11 is 0. The number of dihydropyridines is 1. The van der Waals surface area contributed by atoms with Gasteiger partial charge < -0.3 is 10.1 Å². The van der Waals surface area contributed by atoms with Crippen molar-refractivity contribution in [2.45, 2.75) is 26.0 Å². The topological polar surface area (TPSA) is 34.2 Å². The van der Waals surface area contributed by atoms with Gasteiger partial charge in [-0.3, -0.25) is 4.98 Å². The Kier molecular flexibility index (Phi) is 4.53. The van der Waals surface area contributed by atoms with Crippen molar-refractivity contribution < 1.29 is 17.9 Å². The van der Waals surface area contributed by atoms with E-state index in [0.717, 1.165) is 35.8 Å². The third kappa shape index (κ3) is 3.68. The minimum Gasteiger partial charge on any atom is -0.463 e. The van der Waals surface area contributed by atoms with Gasteiger partial charge in [0, 0.05) is 36.0 Å². The molecule has 1 aliphatic rings. The number of halogens is 3. The van der Waals surface area contributed by atoms with Crippen LogP contribution in [0.5, 0.6) is 5.75 Å². The highest BCUT2D eigenvalue weighted by molar-refractivity contribution is 5.73. The van der Waals surface area contributed by atoms with Gasteiger partial charge in [0.25, 0.3) is 5.92 Å². The maximum Gasteiger partial charge on any atom is 0.270 e. The van der Waals surface area contributed by atoms with Crippen molar-refractivity contribution >= 4 is 5.57 Å². The van der Waals surface area contributed by atoms with Crippen molar-refractivity contribution in [3.63, 3.8) is 0 Å². The highest BCUT2D eigenvalue weighted by Crippen LogP contribution is 2.32. The van der Waals surface area contributed by atoms with Crippen molar-refractivity contribution in [2.24, 2.45) is 0 Å². The minimum absolute atomic E-state index is 0.103. The quantitative estimate of drug-likeness (QED) is 0.882. The highest BCUT2D eigenvalue weighted by atomic mass is 19.3. The Morgan fingerprint density at radius 2 is 2.04 bits per heavy atom. The van der Waals surface area contributed by atoms with Gasteiger partial charge in [0.05, 0.1) is 0 Å². The monoisotopic (exact) mass is 346 g/mol. The van der Waals surface area contributed by atoms with Crippen molar-refractivity contribution in [3.8, 4) is 5.75 Å². The van der Waals surface area contributed by atoms with Crippen LogP contribution in [0.15, 0.2) is 55.0 Å². The van der Waals surface area contributed by atoms with E-state index in [2.05, 4.69) is 10.3 Å². The average molecular weight is 346 g/mol. The van der Waals surface area contributed by atoms with Gasteiger partial charge in [-0.1, -0.05) is 6.08 Å². The van der Waals surface area contributed by atoms with Crippen LogP contribution in [0, 0.1) is 12.7 Å². The first-order valence-electron chi connectivity index (χ1n) is 7.74. The SMILES string of the molecule is Cc1ccncc1C1=CC=CNC1Oc1ccc(C(C)(F)F)cc1F. The van der Waals surface area contributed by atoms with E-state index >= 15 is 0 Å². The number of allylic oxidation sites excluding steroid dienone is 2. The number of rotatable bonds is 4. The number of nitrogens with zero attached hydrogens (tertiary/aromatic N) is 1. The molecule has 3 nitrogen and oxygen atoms in total. The number of aromatic nitrogens is 1.